The molecule has 2 rings (SSSR count). The normalized spacial score (nSPS) is 19.3. The van der Waals surface area contributed by atoms with E-state index in [0.717, 1.165) is 25.4 Å². The maximum absolute atomic E-state index is 5.70. The van der Waals surface area contributed by atoms with E-state index in [1.807, 2.05) is 0 Å². The molecule has 1 saturated heterocycles. The third kappa shape index (κ3) is 3.63. The molecule has 0 saturated carbocycles. The van der Waals surface area contributed by atoms with E-state index in [1.54, 1.807) is 0 Å². The lowest BCUT2D eigenvalue weighted by Crippen LogP contribution is -2.48. The van der Waals surface area contributed by atoms with Gasteiger partial charge in [-0.25, -0.2) is 0 Å². The average molecular weight is 262 g/mol. The van der Waals surface area contributed by atoms with Crippen LogP contribution in [0.25, 0.3) is 0 Å². The van der Waals surface area contributed by atoms with Crippen LogP contribution in [-0.2, 0) is 0 Å². The van der Waals surface area contributed by atoms with E-state index >= 15 is 0 Å². The summed E-state index contributed by atoms with van der Waals surface area (Å²) in [7, 11) is 0. The van der Waals surface area contributed by atoms with Gasteiger partial charge in [-0.2, -0.15) is 0 Å². The second-order valence-corrected chi connectivity index (χ2v) is 6.15. The van der Waals surface area contributed by atoms with Gasteiger partial charge in [-0.1, -0.05) is 0 Å². The number of hydrogen-bond acceptors (Lipinski definition) is 3. The monoisotopic (exact) mass is 262 g/mol. The van der Waals surface area contributed by atoms with Crippen molar-refractivity contribution >= 4 is 5.69 Å². The summed E-state index contributed by atoms with van der Waals surface area (Å²) in [4.78, 5) is 2.49. The van der Waals surface area contributed by atoms with Crippen molar-refractivity contribution in [2.75, 3.05) is 24.5 Å². The van der Waals surface area contributed by atoms with Gasteiger partial charge in [0.05, 0.1) is 6.10 Å². The lowest BCUT2D eigenvalue weighted by Gasteiger charge is -2.39. The van der Waals surface area contributed by atoms with Crippen LogP contribution in [0, 0.1) is 0 Å². The van der Waals surface area contributed by atoms with E-state index in [9.17, 15) is 0 Å². The number of nitrogens with one attached hydrogen (secondary N) is 1. The summed E-state index contributed by atoms with van der Waals surface area (Å²) in [6.45, 7) is 11.9. The van der Waals surface area contributed by atoms with Crippen molar-refractivity contribution in [3.05, 3.63) is 24.3 Å². The Labute approximate surface area is 116 Å². The van der Waals surface area contributed by atoms with Gasteiger partial charge in [0.15, 0.2) is 0 Å². The Morgan fingerprint density at radius 2 is 1.89 bits per heavy atom. The summed E-state index contributed by atoms with van der Waals surface area (Å²) < 4.78 is 5.70. The van der Waals surface area contributed by atoms with Crippen LogP contribution in [0.15, 0.2) is 24.3 Å². The SMILES string of the molecule is CC(C)Oc1ccc(N2CCCNCC2(C)C)cc1. The molecule has 0 aromatic heterocycles. The molecule has 0 spiro atoms. The smallest absolute Gasteiger partial charge is 0.119 e. The molecule has 3 nitrogen and oxygen atoms in total. The van der Waals surface area contributed by atoms with Crippen LogP contribution < -0.4 is 15.0 Å². The number of benzene rings is 1. The molecule has 0 bridgehead atoms. The molecule has 1 aliphatic rings. The first-order valence-corrected chi connectivity index (χ1v) is 7.24. The molecular weight excluding hydrogens is 236 g/mol. The summed E-state index contributed by atoms with van der Waals surface area (Å²) in [5.41, 5.74) is 1.43. The molecule has 1 N–H and O–H groups in total. The van der Waals surface area contributed by atoms with E-state index < -0.39 is 0 Å². The first kappa shape index (κ1) is 14.2. The molecule has 1 aliphatic heterocycles. The van der Waals surface area contributed by atoms with Gasteiger partial charge in [0, 0.05) is 24.3 Å². The fourth-order valence-electron chi connectivity index (χ4n) is 2.61. The van der Waals surface area contributed by atoms with Gasteiger partial charge in [0.1, 0.15) is 5.75 Å². The highest BCUT2D eigenvalue weighted by Crippen LogP contribution is 2.27. The highest BCUT2D eigenvalue weighted by molar-refractivity contribution is 5.51. The van der Waals surface area contributed by atoms with Crippen LogP contribution in [0.5, 0.6) is 5.75 Å². The zero-order chi connectivity index (χ0) is 13.9. The molecule has 0 atom stereocenters. The molecule has 3 heteroatoms. The Morgan fingerprint density at radius 1 is 1.21 bits per heavy atom. The zero-order valence-corrected chi connectivity index (χ0v) is 12.6. The van der Waals surface area contributed by atoms with Gasteiger partial charge < -0.3 is 15.0 Å². The molecular formula is C16H26N2O. The average Bonchev–Trinajstić information content (AvgIpc) is 2.50. The molecule has 1 aromatic rings. The summed E-state index contributed by atoms with van der Waals surface area (Å²) in [5, 5.41) is 3.51. The van der Waals surface area contributed by atoms with Gasteiger partial charge in [-0.3, -0.25) is 0 Å². The maximum Gasteiger partial charge on any atom is 0.119 e. The van der Waals surface area contributed by atoms with Crippen molar-refractivity contribution in [2.45, 2.75) is 45.8 Å². The van der Waals surface area contributed by atoms with Gasteiger partial charge in [-0.05, 0) is 64.9 Å². The van der Waals surface area contributed by atoms with Crippen LogP contribution in [0.1, 0.15) is 34.1 Å². The highest BCUT2D eigenvalue weighted by atomic mass is 16.5. The van der Waals surface area contributed by atoms with Gasteiger partial charge in [0.2, 0.25) is 0 Å². The maximum atomic E-state index is 5.70. The minimum absolute atomic E-state index is 0.150. The molecule has 106 valence electrons. The fourth-order valence-corrected chi connectivity index (χ4v) is 2.61. The minimum atomic E-state index is 0.150. The number of anilines is 1. The Balaban J connectivity index is 2.15. The Kier molecular flexibility index (Phi) is 4.35. The lowest BCUT2D eigenvalue weighted by atomic mass is 10.0. The van der Waals surface area contributed by atoms with Crippen molar-refractivity contribution in [1.82, 2.24) is 5.32 Å². The van der Waals surface area contributed by atoms with Crippen LogP contribution in [0.2, 0.25) is 0 Å². The Hall–Kier alpha value is -1.22. The standard InChI is InChI=1S/C16H26N2O/c1-13(2)19-15-8-6-14(7-9-15)18-11-5-10-17-12-16(18,3)4/h6-9,13,17H,5,10-12H2,1-4H3. The molecule has 0 radical (unpaired) electrons. The van der Waals surface area contributed by atoms with Crippen molar-refractivity contribution in [2.24, 2.45) is 0 Å². The molecule has 0 aliphatic carbocycles. The molecule has 1 aromatic carbocycles. The largest absolute Gasteiger partial charge is 0.491 e. The molecule has 0 unspecified atom stereocenters. The van der Waals surface area contributed by atoms with E-state index in [4.69, 9.17) is 4.74 Å². The first-order chi connectivity index (χ1) is 8.99. The van der Waals surface area contributed by atoms with E-state index in [0.29, 0.717) is 0 Å². The van der Waals surface area contributed by atoms with Crippen molar-refractivity contribution < 1.29 is 4.74 Å². The number of hydrogen-bond donors (Lipinski definition) is 1. The number of nitrogens with zero attached hydrogens (tertiary/aromatic N) is 1. The van der Waals surface area contributed by atoms with Crippen LogP contribution in [-0.4, -0.2) is 31.3 Å². The third-order valence-corrected chi connectivity index (χ3v) is 3.54. The third-order valence-electron chi connectivity index (χ3n) is 3.54. The molecule has 1 fully saturated rings. The minimum Gasteiger partial charge on any atom is -0.491 e. The fraction of sp³-hybridized carbons (Fsp3) is 0.625. The van der Waals surface area contributed by atoms with Crippen LogP contribution in [0.3, 0.4) is 0 Å². The summed E-state index contributed by atoms with van der Waals surface area (Å²) >= 11 is 0. The summed E-state index contributed by atoms with van der Waals surface area (Å²) in [6, 6.07) is 8.49. The molecule has 0 amide bonds. The Morgan fingerprint density at radius 3 is 2.53 bits per heavy atom. The second kappa shape index (κ2) is 5.83. The second-order valence-electron chi connectivity index (χ2n) is 6.15. The quantitative estimate of drug-likeness (QED) is 0.906. The topological polar surface area (TPSA) is 24.5 Å². The lowest BCUT2D eigenvalue weighted by molar-refractivity contribution is 0.242. The Bertz CT molecular complexity index is 398. The number of ether oxygens (including phenoxy) is 1. The zero-order valence-electron chi connectivity index (χ0n) is 12.6. The molecule has 1 heterocycles. The van der Waals surface area contributed by atoms with E-state index in [2.05, 4.69) is 62.2 Å². The summed E-state index contributed by atoms with van der Waals surface area (Å²) in [5.74, 6) is 0.949. The van der Waals surface area contributed by atoms with Crippen molar-refractivity contribution in [3.8, 4) is 5.75 Å². The van der Waals surface area contributed by atoms with Crippen LogP contribution >= 0.6 is 0 Å². The predicted molar refractivity (Wildman–Crippen MR) is 81.1 cm³/mol. The number of rotatable bonds is 3. The molecule has 19 heavy (non-hydrogen) atoms. The van der Waals surface area contributed by atoms with Gasteiger partial charge in [-0.15, -0.1) is 0 Å². The van der Waals surface area contributed by atoms with Crippen molar-refractivity contribution in [3.63, 3.8) is 0 Å². The van der Waals surface area contributed by atoms with E-state index in [-0.39, 0.29) is 11.6 Å². The predicted octanol–water partition coefficient (Wildman–Crippen LogP) is 3.05. The van der Waals surface area contributed by atoms with E-state index in [1.165, 1.54) is 12.1 Å². The first-order valence-electron chi connectivity index (χ1n) is 7.24. The van der Waals surface area contributed by atoms with Crippen LogP contribution in [0.4, 0.5) is 5.69 Å². The van der Waals surface area contributed by atoms with Crippen molar-refractivity contribution in [1.29, 1.82) is 0 Å². The van der Waals surface area contributed by atoms with Gasteiger partial charge in [0.25, 0.3) is 0 Å². The summed E-state index contributed by atoms with van der Waals surface area (Å²) in [6.07, 6.45) is 1.41. The highest BCUT2D eigenvalue weighted by Gasteiger charge is 2.28. The van der Waals surface area contributed by atoms with Gasteiger partial charge >= 0.3 is 0 Å².